The number of esters is 2. The topological polar surface area (TPSA) is 98.8 Å². The lowest BCUT2D eigenvalue weighted by Gasteiger charge is -2.44. The standard InChI is InChI=1S/C69H122O9Si/c1-8-12-16-20-28-43-57-73-66(74-58-44-29-21-17-13-9-2)52-40-26-24-32-42-56-72-65(70)55-54-64(78-79(69(5,6)7,62-48-36-34-37-49-62)63-50-38-35-39-51-63)68(71)77-61-47-33-25-27-41-53-67(75-59-45-30-22-18-14-10-3)76-60-46-31-23-19-15-11-4/h34-39,48-51,64,66-67H,8-33,40-47,52-61H2,1-7H3. The zero-order chi connectivity index (χ0) is 57.2. The Morgan fingerprint density at radius 3 is 1.03 bits per heavy atom. The van der Waals surface area contributed by atoms with Crippen molar-refractivity contribution >= 4 is 30.6 Å². The summed E-state index contributed by atoms with van der Waals surface area (Å²) >= 11 is 0. The Morgan fingerprint density at radius 1 is 0.380 bits per heavy atom. The number of ether oxygens (including phenoxy) is 6. The van der Waals surface area contributed by atoms with Gasteiger partial charge in [-0.3, -0.25) is 4.79 Å². The maximum atomic E-state index is 14.3. The Balaban J connectivity index is 1.95. The fourth-order valence-electron chi connectivity index (χ4n) is 10.6. The molecule has 2 aromatic carbocycles. The van der Waals surface area contributed by atoms with Crippen molar-refractivity contribution in [3.63, 3.8) is 0 Å². The number of carbonyl (C=O) groups is 2. The molecule has 0 aromatic heterocycles. The maximum absolute atomic E-state index is 14.3. The summed E-state index contributed by atoms with van der Waals surface area (Å²) in [5.74, 6) is -0.712. The second-order valence-corrected chi connectivity index (χ2v) is 28.0. The molecule has 0 radical (unpaired) electrons. The van der Waals surface area contributed by atoms with Crippen LogP contribution < -0.4 is 10.4 Å². The lowest BCUT2D eigenvalue weighted by Crippen LogP contribution is -2.68. The van der Waals surface area contributed by atoms with E-state index < -0.39 is 20.4 Å². The molecule has 0 saturated heterocycles. The van der Waals surface area contributed by atoms with Crippen molar-refractivity contribution in [1.82, 2.24) is 0 Å². The predicted molar refractivity (Wildman–Crippen MR) is 334 cm³/mol. The van der Waals surface area contributed by atoms with E-state index in [4.69, 9.17) is 32.8 Å². The van der Waals surface area contributed by atoms with Crippen LogP contribution in [0.1, 0.15) is 292 Å². The van der Waals surface area contributed by atoms with Crippen molar-refractivity contribution in [3.05, 3.63) is 60.7 Å². The van der Waals surface area contributed by atoms with E-state index in [1.54, 1.807) is 0 Å². The van der Waals surface area contributed by atoms with Crippen LogP contribution in [-0.2, 0) is 42.4 Å². The van der Waals surface area contributed by atoms with Crippen molar-refractivity contribution in [3.8, 4) is 0 Å². The number of unbranched alkanes of at least 4 members (excludes halogenated alkanes) is 28. The van der Waals surface area contributed by atoms with E-state index in [0.29, 0.717) is 13.2 Å². The van der Waals surface area contributed by atoms with Gasteiger partial charge >= 0.3 is 11.9 Å². The van der Waals surface area contributed by atoms with Crippen LogP contribution in [0.5, 0.6) is 0 Å². The summed E-state index contributed by atoms with van der Waals surface area (Å²) in [5.41, 5.74) is 0. The Labute approximate surface area is 487 Å². The zero-order valence-electron chi connectivity index (χ0n) is 52.3. The molecular formula is C69H122O9Si. The smallest absolute Gasteiger partial charge is 0.334 e. The predicted octanol–water partition coefficient (Wildman–Crippen LogP) is 18.6. The quantitative estimate of drug-likeness (QED) is 0.0278. The summed E-state index contributed by atoms with van der Waals surface area (Å²) in [6.07, 6.45) is 40.9. The minimum absolute atomic E-state index is 0.0726. The molecule has 0 aliphatic carbocycles. The number of benzene rings is 2. The van der Waals surface area contributed by atoms with E-state index in [0.717, 1.165) is 140 Å². The van der Waals surface area contributed by atoms with E-state index in [1.165, 1.54) is 128 Å². The monoisotopic (exact) mass is 1120 g/mol. The van der Waals surface area contributed by atoms with Crippen LogP contribution in [0.15, 0.2) is 60.7 Å². The molecule has 2 rings (SSSR count). The second kappa shape index (κ2) is 50.0. The summed E-state index contributed by atoms with van der Waals surface area (Å²) in [4.78, 5) is 27.7. The van der Waals surface area contributed by atoms with Crippen LogP contribution in [0, 0.1) is 0 Å². The fourth-order valence-corrected chi connectivity index (χ4v) is 15.3. The summed E-state index contributed by atoms with van der Waals surface area (Å²) in [6.45, 7) is 19.4. The van der Waals surface area contributed by atoms with Gasteiger partial charge in [-0.25, -0.2) is 4.79 Å². The van der Waals surface area contributed by atoms with E-state index in [2.05, 4.69) is 72.7 Å². The Morgan fingerprint density at radius 2 is 0.684 bits per heavy atom. The van der Waals surface area contributed by atoms with Gasteiger partial charge in [-0.2, -0.15) is 0 Å². The average molecular weight is 1120 g/mol. The van der Waals surface area contributed by atoms with Gasteiger partial charge < -0.3 is 32.8 Å². The Bertz CT molecular complexity index is 1580. The molecule has 2 aromatic rings. The van der Waals surface area contributed by atoms with E-state index in [-0.39, 0.29) is 36.4 Å². The third-order valence-electron chi connectivity index (χ3n) is 15.5. The molecule has 79 heavy (non-hydrogen) atoms. The molecule has 0 aliphatic heterocycles. The van der Waals surface area contributed by atoms with Gasteiger partial charge in [0, 0.05) is 32.8 Å². The molecule has 0 heterocycles. The second-order valence-electron chi connectivity index (χ2n) is 23.7. The first kappa shape index (κ1) is 72.5. The SMILES string of the molecule is CCCCCCCCOC(CCCCCCCOC(=O)CCC(O[Si](c1ccccc1)(c1ccccc1)C(C)(C)C)C(=O)OCCCCCCCC(OCCCCCCCC)OCCCCCCCC)OCCCCCCCC. The van der Waals surface area contributed by atoms with Gasteiger partial charge in [0.2, 0.25) is 0 Å². The van der Waals surface area contributed by atoms with E-state index in [1.807, 2.05) is 36.4 Å². The van der Waals surface area contributed by atoms with Crippen molar-refractivity contribution < 1.29 is 42.4 Å². The third-order valence-corrected chi connectivity index (χ3v) is 20.5. The molecule has 456 valence electrons. The number of hydrogen-bond acceptors (Lipinski definition) is 9. The highest BCUT2D eigenvalue weighted by Gasteiger charge is 2.52. The molecule has 10 heteroatoms. The van der Waals surface area contributed by atoms with Gasteiger partial charge in [0.15, 0.2) is 12.6 Å². The van der Waals surface area contributed by atoms with Crippen LogP contribution in [0.2, 0.25) is 5.04 Å². The third kappa shape index (κ3) is 35.9. The van der Waals surface area contributed by atoms with Crippen molar-refractivity contribution in [2.24, 2.45) is 0 Å². The van der Waals surface area contributed by atoms with Crippen LogP contribution in [-0.4, -0.2) is 78.6 Å². The highest BCUT2D eigenvalue weighted by atomic mass is 28.4. The Kier molecular flexibility index (Phi) is 45.8. The molecule has 0 bridgehead atoms. The van der Waals surface area contributed by atoms with Gasteiger partial charge in [-0.1, -0.05) is 276 Å². The highest BCUT2D eigenvalue weighted by molar-refractivity contribution is 6.99. The van der Waals surface area contributed by atoms with Crippen molar-refractivity contribution in [2.75, 3.05) is 39.6 Å². The molecule has 0 amide bonds. The molecular weight excluding hydrogens is 1000 g/mol. The minimum atomic E-state index is -3.14. The molecule has 1 atom stereocenters. The summed E-state index contributed by atoms with van der Waals surface area (Å²) in [5, 5.41) is 1.80. The van der Waals surface area contributed by atoms with E-state index >= 15 is 0 Å². The van der Waals surface area contributed by atoms with Gasteiger partial charge in [0.25, 0.3) is 8.32 Å². The molecule has 0 fully saturated rings. The maximum Gasteiger partial charge on any atom is 0.334 e. The normalized spacial score (nSPS) is 12.5. The molecule has 1 unspecified atom stereocenters. The molecule has 0 aliphatic rings. The molecule has 9 nitrogen and oxygen atoms in total. The number of hydrogen-bond donors (Lipinski definition) is 0. The van der Waals surface area contributed by atoms with Gasteiger partial charge in [0.05, 0.1) is 13.2 Å². The van der Waals surface area contributed by atoms with E-state index in [9.17, 15) is 9.59 Å². The van der Waals surface area contributed by atoms with Gasteiger partial charge in [-0.05, 0) is 86.0 Å². The lowest BCUT2D eigenvalue weighted by atomic mass is 10.1. The number of carbonyl (C=O) groups excluding carboxylic acids is 2. The Hall–Kier alpha value is -2.60. The van der Waals surface area contributed by atoms with Gasteiger partial charge in [0.1, 0.15) is 6.10 Å². The van der Waals surface area contributed by atoms with Gasteiger partial charge in [-0.15, -0.1) is 0 Å². The number of rotatable bonds is 56. The van der Waals surface area contributed by atoms with Crippen molar-refractivity contribution in [1.29, 1.82) is 0 Å². The lowest BCUT2D eigenvalue weighted by molar-refractivity contribution is -0.154. The summed E-state index contributed by atoms with van der Waals surface area (Å²) in [7, 11) is -3.14. The summed E-state index contributed by atoms with van der Waals surface area (Å²) in [6, 6.07) is 20.7. The van der Waals surface area contributed by atoms with Crippen LogP contribution in [0.25, 0.3) is 0 Å². The zero-order valence-corrected chi connectivity index (χ0v) is 53.3. The minimum Gasteiger partial charge on any atom is -0.466 e. The fraction of sp³-hybridized carbons (Fsp3) is 0.797. The molecule has 0 N–H and O–H groups in total. The largest absolute Gasteiger partial charge is 0.466 e. The average Bonchev–Trinajstić information content (AvgIpc) is 3.64. The highest BCUT2D eigenvalue weighted by Crippen LogP contribution is 2.38. The first-order valence-electron chi connectivity index (χ1n) is 33.2. The van der Waals surface area contributed by atoms with Crippen LogP contribution >= 0.6 is 0 Å². The molecule has 0 spiro atoms. The first-order chi connectivity index (χ1) is 38.6. The van der Waals surface area contributed by atoms with Crippen LogP contribution in [0.3, 0.4) is 0 Å². The molecule has 0 saturated carbocycles. The first-order valence-corrected chi connectivity index (χ1v) is 35.1. The van der Waals surface area contributed by atoms with Crippen LogP contribution in [0.4, 0.5) is 0 Å². The van der Waals surface area contributed by atoms with Crippen molar-refractivity contribution in [2.45, 2.75) is 316 Å². The summed E-state index contributed by atoms with van der Waals surface area (Å²) < 4.78 is 44.3.